The molecule has 3 aromatic carbocycles. The normalized spacial score (nSPS) is 16.2. The number of H-pyrrole nitrogens is 1. The van der Waals surface area contributed by atoms with Crippen LogP contribution in [0.3, 0.4) is 0 Å². The molecule has 0 radical (unpaired) electrons. The third kappa shape index (κ3) is 3.80. The van der Waals surface area contributed by atoms with Crippen molar-refractivity contribution in [2.45, 2.75) is 19.8 Å². The van der Waals surface area contributed by atoms with Gasteiger partial charge in [0.2, 0.25) is 0 Å². The third-order valence-electron chi connectivity index (χ3n) is 6.43. The molecule has 1 aliphatic rings. The molecule has 1 amide bonds. The Hall–Kier alpha value is -4.79. The Morgan fingerprint density at radius 1 is 0.889 bits per heavy atom. The molecule has 9 nitrogen and oxygen atoms in total. The maximum Gasteiger partial charge on any atom is 0.275 e. The summed E-state index contributed by atoms with van der Waals surface area (Å²) in [6.07, 6.45) is 0. The molecule has 1 aliphatic heterocycles. The highest BCUT2D eigenvalue weighted by molar-refractivity contribution is 6.15. The Bertz CT molecular complexity index is 1540. The van der Waals surface area contributed by atoms with E-state index in [1.807, 2.05) is 24.3 Å². The Balaban J connectivity index is 1.72. The van der Waals surface area contributed by atoms with Crippen LogP contribution in [0.25, 0.3) is 5.69 Å². The average Bonchev–Trinajstić information content (AvgIpc) is 3.36. The summed E-state index contributed by atoms with van der Waals surface area (Å²) >= 11 is 0. The van der Waals surface area contributed by atoms with Gasteiger partial charge in [0.1, 0.15) is 0 Å². The molecule has 1 N–H and O–H groups in total. The van der Waals surface area contributed by atoms with Gasteiger partial charge in [-0.3, -0.25) is 24.8 Å². The minimum atomic E-state index is -0.926. The van der Waals surface area contributed by atoms with Gasteiger partial charge in [-0.15, -0.1) is 0 Å². The summed E-state index contributed by atoms with van der Waals surface area (Å²) in [6, 6.07) is 24.2. The molecule has 36 heavy (non-hydrogen) atoms. The number of hydrogen-bond donors (Lipinski definition) is 1. The number of aromatic amines is 1. The number of anilines is 1. The van der Waals surface area contributed by atoms with Crippen LogP contribution in [0.5, 0.6) is 0 Å². The quantitative estimate of drug-likeness (QED) is 0.321. The van der Waals surface area contributed by atoms with E-state index < -0.39 is 16.8 Å². The second kappa shape index (κ2) is 9.10. The third-order valence-corrected chi connectivity index (χ3v) is 6.43. The van der Waals surface area contributed by atoms with Crippen LogP contribution in [0, 0.1) is 23.0 Å². The number of amides is 1. The van der Waals surface area contributed by atoms with Crippen molar-refractivity contribution in [3.63, 3.8) is 0 Å². The largest absolute Gasteiger partial charge is 0.295 e. The number of para-hydroxylation sites is 3. The van der Waals surface area contributed by atoms with Gasteiger partial charge < -0.3 is 0 Å². The Kier molecular flexibility index (Phi) is 5.81. The predicted octanol–water partition coefficient (Wildman–Crippen LogP) is 4.55. The molecule has 0 saturated carbocycles. The van der Waals surface area contributed by atoms with Crippen LogP contribution in [0.2, 0.25) is 0 Å². The van der Waals surface area contributed by atoms with E-state index in [0.29, 0.717) is 22.8 Å². The predicted molar refractivity (Wildman–Crippen MR) is 137 cm³/mol. The van der Waals surface area contributed by atoms with E-state index in [4.69, 9.17) is 0 Å². The molecule has 9 heteroatoms. The summed E-state index contributed by atoms with van der Waals surface area (Å²) in [7, 11) is 0. The smallest absolute Gasteiger partial charge is 0.275 e. The SMILES string of the molecule is CC1=NN(c2ccccc2)C(=O)C1C(c1ccccc1[N+](=O)[O-])c1c(C)[nH]n(-c2ccccc2)c1=O. The highest BCUT2D eigenvalue weighted by atomic mass is 16.6. The number of nitro groups is 1. The fraction of sp³-hybridized carbons (Fsp3) is 0.148. The molecular weight excluding hydrogens is 458 g/mol. The van der Waals surface area contributed by atoms with E-state index in [1.54, 1.807) is 68.4 Å². The number of carbonyl (C=O) groups excluding carboxylic acids is 1. The molecule has 5 rings (SSSR count). The van der Waals surface area contributed by atoms with Crippen molar-refractivity contribution in [2.24, 2.45) is 11.0 Å². The first-order valence-corrected chi connectivity index (χ1v) is 11.4. The molecule has 0 spiro atoms. The number of aryl methyl sites for hydroxylation is 1. The lowest BCUT2D eigenvalue weighted by Gasteiger charge is -2.23. The lowest BCUT2D eigenvalue weighted by Crippen LogP contribution is -2.34. The topological polar surface area (TPSA) is 114 Å². The van der Waals surface area contributed by atoms with Gasteiger partial charge in [-0.25, -0.2) is 9.69 Å². The van der Waals surface area contributed by atoms with E-state index in [0.717, 1.165) is 0 Å². The van der Waals surface area contributed by atoms with Crippen LogP contribution in [-0.4, -0.2) is 26.3 Å². The molecule has 1 aromatic heterocycles. The maximum atomic E-state index is 13.8. The highest BCUT2D eigenvalue weighted by Crippen LogP contribution is 2.41. The minimum Gasteiger partial charge on any atom is -0.295 e. The van der Waals surface area contributed by atoms with Crippen LogP contribution < -0.4 is 10.6 Å². The van der Waals surface area contributed by atoms with Crippen molar-refractivity contribution in [2.75, 3.05) is 5.01 Å². The standard InChI is InChI=1S/C27H23N5O4/c1-17-23(26(33)30(28-17)19-11-5-3-6-12-19)25(21-15-9-10-16-22(21)32(35)36)24-18(2)29-31(27(24)34)20-13-7-4-8-14-20/h3-16,23,25,29H,1-2H3. The first-order valence-electron chi connectivity index (χ1n) is 11.4. The summed E-state index contributed by atoms with van der Waals surface area (Å²) in [6.45, 7) is 3.45. The number of rotatable bonds is 6. The first-order chi connectivity index (χ1) is 17.4. The van der Waals surface area contributed by atoms with Crippen molar-refractivity contribution < 1.29 is 9.72 Å². The van der Waals surface area contributed by atoms with Gasteiger partial charge in [0.05, 0.1) is 22.2 Å². The second-order valence-electron chi connectivity index (χ2n) is 8.62. The number of carbonyl (C=O) groups is 1. The van der Waals surface area contributed by atoms with Gasteiger partial charge in [-0.05, 0) is 38.1 Å². The van der Waals surface area contributed by atoms with E-state index >= 15 is 0 Å². The zero-order valence-electron chi connectivity index (χ0n) is 19.7. The molecule has 0 fully saturated rings. The summed E-state index contributed by atoms with van der Waals surface area (Å²) in [5, 5.41) is 20.9. The molecule has 2 unspecified atom stereocenters. The Labute approximate surface area is 206 Å². The van der Waals surface area contributed by atoms with Crippen molar-refractivity contribution in [1.82, 2.24) is 9.78 Å². The number of nitrogens with zero attached hydrogens (tertiary/aromatic N) is 4. The molecule has 0 bridgehead atoms. The second-order valence-corrected chi connectivity index (χ2v) is 8.62. The summed E-state index contributed by atoms with van der Waals surface area (Å²) < 4.78 is 1.40. The molecule has 0 saturated heterocycles. The molecule has 180 valence electrons. The Morgan fingerprint density at radius 3 is 2.11 bits per heavy atom. The molecule has 0 aliphatic carbocycles. The van der Waals surface area contributed by atoms with E-state index in [-0.39, 0.29) is 28.3 Å². The zero-order valence-corrected chi connectivity index (χ0v) is 19.7. The van der Waals surface area contributed by atoms with Gasteiger partial charge in [0.15, 0.2) is 0 Å². The molecule has 2 heterocycles. The van der Waals surface area contributed by atoms with Crippen molar-refractivity contribution in [1.29, 1.82) is 0 Å². The van der Waals surface area contributed by atoms with Crippen LogP contribution in [0.1, 0.15) is 29.7 Å². The zero-order chi connectivity index (χ0) is 25.4. The minimum absolute atomic E-state index is 0.160. The fourth-order valence-corrected chi connectivity index (χ4v) is 4.82. The van der Waals surface area contributed by atoms with E-state index in [2.05, 4.69) is 10.2 Å². The highest BCUT2D eigenvalue weighted by Gasteiger charge is 2.45. The van der Waals surface area contributed by atoms with E-state index in [9.17, 15) is 19.7 Å². The summed E-state index contributed by atoms with van der Waals surface area (Å²) in [5.74, 6) is -2.18. The van der Waals surface area contributed by atoms with Crippen LogP contribution in [0.4, 0.5) is 11.4 Å². The lowest BCUT2D eigenvalue weighted by molar-refractivity contribution is -0.385. The molecule has 2 atom stereocenters. The van der Waals surface area contributed by atoms with Crippen LogP contribution >= 0.6 is 0 Å². The molecule has 4 aromatic rings. The van der Waals surface area contributed by atoms with Crippen LogP contribution in [-0.2, 0) is 4.79 Å². The van der Waals surface area contributed by atoms with Gasteiger partial charge in [-0.1, -0.05) is 54.6 Å². The fourth-order valence-electron chi connectivity index (χ4n) is 4.82. The number of aromatic nitrogens is 2. The average molecular weight is 482 g/mol. The monoisotopic (exact) mass is 481 g/mol. The van der Waals surface area contributed by atoms with Gasteiger partial charge in [-0.2, -0.15) is 5.10 Å². The van der Waals surface area contributed by atoms with Crippen molar-refractivity contribution in [3.8, 4) is 5.69 Å². The summed E-state index contributed by atoms with van der Waals surface area (Å²) in [4.78, 5) is 39.1. The van der Waals surface area contributed by atoms with Gasteiger partial charge >= 0.3 is 0 Å². The maximum absolute atomic E-state index is 13.8. The number of hydrazone groups is 1. The number of nitro benzene ring substituents is 1. The lowest BCUT2D eigenvalue weighted by atomic mass is 9.77. The summed E-state index contributed by atoms with van der Waals surface area (Å²) in [5.41, 5.74) is 2.23. The first kappa shape index (κ1) is 23.0. The number of hydrogen-bond acceptors (Lipinski definition) is 5. The van der Waals surface area contributed by atoms with Crippen LogP contribution in [0.15, 0.2) is 94.8 Å². The number of benzene rings is 3. The van der Waals surface area contributed by atoms with Gasteiger partial charge in [0.25, 0.3) is 17.2 Å². The number of nitrogens with one attached hydrogen (secondary N) is 1. The molecular formula is C27H23N5O4. The Morgan fingerprint density at radius 2 is 1.47 bits per heavy atom. The van der Waals surface area contributed by atoms with Gasteiger partial charge in [0, 0.05) is 34.5 Å². The van der Waals surface area contributed by atoms with Crippen molar-refractivity contribution in [3.05, 3.63) is 122 Å². The van der Waals surface area contributed by atoms with Crippen molar-refractivity contribution >= 4 is 23.0 Å². The van der Waals surface area contributed by atoms with E-state index in [1.165, 1.54) is 15.8 Å².